The van der Waals surface area contributed by atoms with Crippen molar-refractivity contribution >= 4 is 5.97 Å². The highest BCUT2D eigenvalue weighted by Crippen LogP contribution is 2.20. The number of esters is 1. The molecule has 2 N–H and O–H groups in total. The summed E-state index contributed by atoms with van der Waals surface area (Å²) in [6.07, 6.45) is -7.07. The molecule has 0 bridgehead atoms. The average molecular weight is 309 g/mol. The third-order valence-corrected chi connectivity index (χ3v) is 2.56. The number of nitrogens with two attached hydrogens (primary N) is 1. The van der Waals surface area contributed by atoms with Crippen LogP contribution in [0, 0.1) is 5.82 Å². The first kappa shape index (κ1) is 17.1. The summed E-state index contributed by atoms with van der Waals surface area (Å²) in [7, 11) is 0. The summed E-state index contributed by atoms with van der Waals surface area (Å²) in [6, 6.07) is 5.41. The molecular weight excluding hydrogens is 297 g/mol. The van der Waals surface area contributed by atoms with Crippen LogP contribution in [-0.2, 0) is 16.0 Å². The van der Waals surface area contributed by atoms with Gasteiger partial charge in [0.05, 0.1) is 6.33 Å². The van der Waals surface area contributed by atoms with Crippen molar-refractivity contribution in [1.82, 2.24) is 0 Å². The van der Waals surface area contributed by atoms with E-state index in [4.69, 9.17) is 5.73 Å². The van der Waals surface area contributed by atoms with E-state index in [2.05, 4.69) is 4.74 Å². The Morgan fingerprint density at radius 3 is 2.57 bits per heavy atom. The van der Waals surface area contributed by atoms with Crippen molar-refractivity contribution in [3.05, 3.63) is 47.5 Å². The van der Waals surface area contributed by atoms with Crippen LogP contribution in [-0.4, -0.2) is 18.4 Å². The zero-order valence-electron chi connectivity index (χ0n) is 10.7. The molecule has 0 fully saturated rings. The molecule has 0 heterocycles. The molecule has 21 heavy (non-hydrogen) atoms. The molecular formula is C13H12F5NO2. The highest BCUT2D eigenvalue weighted by molar-refractivity contribution is 5.75. The molecule has 1 atom stereocenters. The highest BCUT2D eigenvalue weighted by atomic mass is 19.4. The third-order valence-electron chi connectivity index (χ3n) is 2.56. The Kier molecular flexibility index (Phi) is 5.83. The molecule has 0 radical (unpaired) electrons. The molecule has 1 rings (SSSR count). The van der Waals surface area contributed by atoms with Crippen LogP contribution >= 0.6 is 0 Å². The topological polar surface area (TPSA) is 52.3 Å². The molecule has 8 heteroatoms. The maximum absolute atomic E-state index is 12.9. The van der Waals surface area contributed by atoms with Crippen LogP contribution in [0.2, 0.25) is 0 Å². The number of alkyl halides is 3. The summed E-state index contributed by atoms with van der Waals surface area (Å²) in [5, 5.41) is 0. The van der Waals surface area contributed by atoms with Crippen LogP contribution in [0.5, 0.6) is 0 Å². The van der Waals surface area contributed by atoms with Crippen molar-refractivity contribution in [2.75, 3.05) is 0 Å². The molecule has 0 aliphatic rings. The molecule has 1 unspecified atom stereocenters. The van der Waals surface area contributed by atoms with Crippen molar-refractivity contribution in [2.24, 2.45) is 5.73 Å². The average Bonchev–Trinajstić information content (AvgIpc) is 2.38. The number of carbonyl (C=O) groups is 1. The quantitative estimate of drug-likeness (QED) is 0.517. The van der Waals surface area contributed by atoms with Gasteiger partial charge in [-0.2, -0.15) is 13.2 Å². The van der Waals surface area contributed by atoms with Crippen molar-refractivity contribution in [3.8, 4) is 0 Å². The highest BCUT2D eigenvalue weighted by Gasteiger charge is 2.42. The summed E-state index contributed by atoms with van der Waals surface area (Å²) < 4.78 is 65.4. The van der Waals surface area contributed by atoms with Gasteiger partial charge < -0.3 is 4.74 Å². The van der Waals surface area contributed by atoms with E-state index in [0.29, 0.717) is 5.56 Å². The summed E-state index contributed by atoms with van der Waals surface area (Å²) in [5.74, 6) is -2.99. The predicted octanol–water partition coefficient (Wildman–Crippen LogP) is 3.00. The number of carbonyl (C=O) groups excluding carboxylic acids is 1. The molecule has 0 aliphatic heterocycles. The lowest BCUT2D eigenvalue weighted by Crippen LogP contribution is -2.35. The Morgan fingerprint density at radius 2 is 2.05 bits per heavy atom. The first-order chi connectivity index (χ1) is 9.74. The number of hydrogen-bond acceptors (Lipinski definition) is 3. The minimum atomic E-state index is -5.21. The van der Waals surface area contributed by atoms with Crippen LogP contribution in [0.1, 0.15) is 12.0 Å². The Bertz CT molecular complexity index is 528. The molecule has 0 spiro atoms. The molecule has 116 valence electrons. The normalized spacial score (nSPS) is 13.9. The zero-order chi connectivity index (χ0) is 16.0. The fourth-order valence-electron chi connectivity index (χ4n) is 1.50. The lowest BCUT2D eigenvalue weighted by Gasteiger charge is -2.16. The van der Waals surface area contributed by atoms with Gasteiger partial charge in [-0.3, -0.25) is 5.73 Å². The fraction of sp³-hybridized carbons (Fsp3) is 0.308. The predicted molar refractivity (Wildman–Crippen MR) is 64.0 cm³/mol. The Morgan fingerprint density at radius 1 is 1.38 bits per heavy atom. The molecule has 0 saturated carbocycles. The van der Waals surface area contributed by atoms with E-state index in [1.165, 1.54) is 18.2 Å². The van der Waals surface area contributed by atoms with Gasteiger partial charge in [-0.1, -0.05) is 12.1 Å². The van der Waals surface area contributed by atoms with Crippen molar-refractivity contribution in [1.29, 1.82) is 0 Å². The van der Waals surface area contributed by atoms with Gasteiger partial charge in [0.2, 0.25) is 0 Å². The SMILES string of the molecule is NC(OC(=O)C(F)(F)F)/C(=C/F)CCc1cccc(F)c1. The third kappa shape index (κ3) is 5.50. The number of benzene rings is 1. The number of rotatable bonds is 5. The van der Waals surface area contributed by atoms with E-state index in [-0.39, 0.29) is 24.7 Å². The number of halogens is 5. The largest absolute Gasteiger partial charge is 0.490 e. The second-order valence-electron chi connectivity index (χ2n) is 4.14. The molecule has 0 aliphatic carbocycles. The summed E-state index contributed by atoms with van der Waals surface area (Å²) in [6.45, 7) is 0. The second-order valence-corrected chi connectivity index (χ2v) is 4.14. The molecule has 3 nitrogen and oxygen atoms in total. The Hall–Kier alpha value is -1.96. The molecule has 0 amide bonds. The molecule has 1 aromatic carbocycles. The minimum Gasteiger partial charge on any atom is -0.436 e. The summed E-state index contributed by atoms with van der Waals surface area (Å²) in [5.41, 5.74) is 5.36. The van der Waals surface area contributed by atoms with Gasteiger partial charge in [0.1, 0.15) is 5.82 Å². The van der Waals surface area contributed by atoms with Gasteiger partial charge in [0.15, 0.2) is 6.23 Å². The molecule has 0 aromatic heterocycles. The zero-order valence-corrected chi connectivity index (χ0v) is 10.7. The number of aryl methyl sites for hydroxylation is 1. The van der Waals surface area contributed by atoms with Crippen LogP contribution in [0.15, 0.2) is 36.2 Å². The van der Waals surface area contributed by atoms with E-state index in [1.807, 2.05) is 0 Å². The second kappa shape index (κ2) is 7.16. The minimum absolute atomic E-state index is 0.0202. The fourth-order valence-corrected chi connectivity index (χ4v) is 1.50. The van der Waals surface area contributed by atoms with E-state index >= 15 is 0 Å². The van der Waals surface area contributed by atoms with E-state index in [1.54, 1.807) is 6.07 Å². The smallest absolute Gasteiger partial charge is 0.436 e. The Balaban J connectivity index is 2.61. The standard InChI is InChI=1S/C13H12F5NO2/c14-7-9(11(19)21-12(20)13(16,17)18)5-4-8-2-1-3-10(15)6-8/h1-3,6-7,11H,4-5,19H2/b9-7+. The van der Waals surface area contributed by atoms with Gasteiger partial charge in [-0.25, -0.2) is 13.6 Å². The summed E-state index contributed by atoms with van der Waals surface area (Å²) in [4.78, 5) is 10.6. The first-order valence-electron chi connectivity index (χ1n) is 5.81. The number of ether oxygens (including phenoxy) is 1. The van der Waals surface area contributed by atoms with Crippen LogP contribution < -0.4 is 5.73 Å². The van der Waals surface area contributed by atoms with Gasteiger partial charge in [0, 0.05) is 5.57 Å². The molecule has 0 saturated heterocycles. The van der Waals surface area contributed by atoms with Crippen LogP contribution in [0.3, 0.4) is 0 Å². The monoisotopic (exact) mass is 309 g/mol. The van der Waals surface area contributed by atoms with E-state index in [0.717, 1.165) is 0 Å². The van der Waals surface area contributed by atoms with Gasteiger partial charge in [0.25, 0.3) is 0 Å². The number of hydrogen-bond donors (Lipinski definition) is 1. The van der Waals surface area contributed by atoms with Crippen LogP contribution in [0.25, 0.3) is 0 Å². The van der Waals surface area contributed by atoms with Gasteiger partial charge in [-0.05, 0) is 30.5 Å². The molecule has 1 aromatic rings. The summed E-state index contributed by atoms with van der Waals surface area (Å²) >= 11 is 0. The van der Waals surface area contributed by atoms with Gasteiger partial charge >= 0.3 is 12.1 Å². The first-order valence-corrected chi connectivity index (χ1v) is 5.81. The maximum atomic E-state index is 12.9. The maximum Gasteiger partial charge on any atom is 0.490 e. The van der Waals surface area contributed by atoms with E-state index < -0.39 is 24.2 Å². The van der Waals surface area contributed by atoms with Crippen molar-refractivity contribution < 1.29 is 31.5 Å². The van der Waals surface area contributed by atoms with E-state index in [9.17, 15) is 26.7 Å². The van der Waals surface area contributed by atoms with Gasteiger partial charge in [-0.15, -0.1) is 0 Å². The Labute approximate surface area is 117 Å². The lowest BCUT2D eigenvalue weighted by molar-refractivity contribution is -0.203. The lowest BCUT2D eigenvalue weighted by atomic mass is 10.0. The van der Waals surface area contributed by atoms with Crippen LogP contribution in [0.4, 0.5) is 22.0 Å². The van der Waals surface area contributed by atoms with Crippen molar-refractivity contribution in [3.63, 3.8) is 0 Å². The van der Waals surface area contributed by atoms with Crippen molar-refractivity contribution in [2.45, 2.75) is 25.2 Å².